The van der Waals surface area contributed by atoms with E-state index < -0.39 is 6.10 Å². The molecule has 0 saturated heterocycles. The number of hydrogen-bond donors (Lipinski definition) is 2. The van der Waals surface area contributed by atoms with E-state index in [0.29, 0.717) is 0 Å². The van der Waals surface area contributed by atoms with Crippen molar-refractivity contribution in [2.24, 2.45) is 5.92 Å². The second kappa shape index (κ2) is 4.18. The summed E-state index contributed by atoms with van der Waals surface area (Å²) in [4.78, 5) is 3.88. The van der Waals surface area contributed by atoms with E-state index in [2.05, 4.69) is 4.98 Å². The predicted octanol–water partition coefficient (Wildman–Crippen LogP) is 0.743. The lowest BCUT2D eigenvalue weighted by atomic mass is 10.00. The molecule has 0 radical (unpaired) electrons. The largest absolute Gasteiger partial charge is 0.396 e. The Morgan fingerprint density at radius 3 is 2.83 bits per heavy atom. The van der Waals surface area contributed by atoms with Crippen molar-refractivity contribution < 1.29 is 10.2 Å². The standard InChI is InChI=1S/C9H13NO2/c1-7(6-11)9(12)8-3-2-4-10-5-8/h2-5,7,9,11-12H,6H2,1H3/t7-,9-/m0/s1. The highest BCUT2D eigenvalue weighted by atomic mass is 16.3. The van der Waals surface area contributed by atoms with Gasteiger partial charge in [0.25, 0.3) is 0 Å². The third-order valence-corrected chi connectivity index (χ3v) is 1.85. The van der Waals surface area contributed by atoms with Gasteiger partial charge in [0.15, 0.2) is 0 Å². The molecule has 0 spiro atoms. The molecular formula is C9H13NO2. The van der Waals surface area contributed by atoms with E-state index in [-0.39, 0.29) is 12.5 Å². The van der Waals surface area contributed by atoms with Gasteiger partial charge in [-0.15, -0.1) is 0 Å². The first-order chi connectivity index (χ1) is 5.75. The molecule has 1 aromatic rings. The zero-order chi connectivity index (χ0) is 8.97. The molecule has 12 heavy (non-hydrogen) atoms. The van der Waals surface area contributed by atoms with Crippen LogP contribution >= 0.6 is 0 Å². The highest BCUT2D eigenvalue weighted by Crippen LogP contribution is 2.19. The van der Waals surface area contributed by atoms with Crippen LogP contribution in [0.2, 0.25) is 0 Å². The minimum atomic E-state index is -0.622. The van der Waals surface area contributed by atoms with Gasteiger partial charge in [0, 0.05) is 24.9 Å². The molecule has 0 amide bonds. The van der Waals surface area contributed by atoms with Gasteiger partial charge in [0.2, 0.25) is 0 Å². The molecule has 0 aromatic carbocycles. The summed E-state index contributed by atoms with van der Waals surface area (Å²) in [6.07, 6.45) is 2.64. The fourth-order valence-corrected chi connectivity index (χ4v) is 0.979. The van der Waals surface area contributed by atoms with Crippen LogP contribution in [0.25, 0.3) is 0 Å². The molecule has 1 aromatic heterocycles. The normalized spacial score (nSPS) is 15.6. The molecule has 2 atom stereocenters. The number of pyridine rings is 1. The van der Waals surface area contributed by atoms with Crippen LogP contribution in [0.1, 0.15) is 18.6 Å². The molecule has 3 nitrogen and oxygen atoms in total. The summed E-state index contributed by atoms with van der Waals surface area (Å²) in [5, 5.41) is 18.4. The number of aliphatic hydroxyl groups is 2. The third kappa shape index (κ3) is 2.03. The average molecular weight is 167 g/mol. The Labute approximate surface area is 71.7 Å². The van der Waals surface area contributed by atoms with Crippen LogP contribution in [-0.2, 0) is 0 Å². The molecule has 0 aliphatic rings. The Morgan fingerprint density at radius 2 is 2.33 bits per heavy atom. The van der Waals surface area contributed by atoms with Gasteiger partial charge in [0.05, 0.1) is 6.10 Å². The molecular weight excluding hydrogens is 154 g/mol. The fraction of sp³-hybridized carbons (Fsp3) is 0.444. The van der Waals surface area contributed by atoms with Crippen molar-refractivity contribution in [2.75, 3.05) is 6.61 Å². The van der Waals surface area contributed by atoms with Gasteiger partial charge in [0.1, 0.15) is 0 Å². The number of rotatable bonds is 3. The van der Waals surface area contributed by atoms with Gasteiger partial charge in [-0.25, -0.2) is 0 Å². The molecule has 0 unspecified atom stereocenters. The Morgan fingerprint density at radius 1 is 1.58 bits per heavy atom. The Hall–Kier alpha value is -0.930. The van der Waals surface area contributed by atoms with Crippen molar-refractivity contribution >= 4 is 0 Å². The lowest BCUT2D eigenvalue weighted by Gasteiger charge is -2.15. The summed E-state index contributed by atoms with van der Waals surface area (Å²) >= 11 is 0. The lowest BCUT2D eigenvalue weighted by molar-refractivity contribution is 0.0768. The summed E-state index contributed by atoms with van der Waals surface area (Å²) < 4.78 is 0. The van der Waals surface area contributed by atoms with Crippen LogP contribution in [0.5, 0.6) is 0 Å². The van der Waals surface area contributed by atoms with E-state index in [0.717, 1.165) is 5.56 Å². The smallest absolute Gasteiger partial charge is 0.0852 e. The number of nitrogens with zero attached hydrogens (tertiary/aromatic N) is 1. The first kappa shape index (κ1) is 9.16. The molecule has 0 aliphatic carbocycles. The van der Waals surface area contributed by atoms with E-state index in [9.17, 15) is 5.11 Å². The molecule has 3 heteroatoms. The average Bonchev–Trinajstić information content (AvgIpc) is 2.17. The minimum Gasteiger partial charge on any atom is -0.396 e. The zero-order valence-corrected chi connectivity index (χ0v) is 7.01. The monoisotopic (exact) mass is 167 g/mol. The van der Waals surface area contributed by atoms with Crippen molar-refractivity contribution in [1.82, 2.24) is 4.98 Å². The molecule has 0 aliphatic heterocycles. The Balaban J connectivity index is 2.71. The van der Waals surface area contributed by atoms with Crippen molar-refractivity contribution in [1.29, 1.82) is 0 Å². The van der Waals surface area contributed by atoms with E-state index in [1.165, 1.54) is 0 Å². The van der Waals surface area contributed by atoms with Crippen LogP contribution in [0.3, 0.4) is 0 Å². The van der Waals surface area contributed by atoms with Crippen molar-refractivity contribution in [2.45, 2.75) is 13.0 Å². The van der Waals surface area contributed by atoms with E-state index in [1.807, 2.05) is 0 Å². The summed E-state index contributed by atoms with van der Waals surface area (Å²) in [6.45, 7) is 1.77. The van der Waals surface area contributed by atoms with Crippen LogP contribution < -0.4 is 0 Å². The first-order valence-electron chi connectivity index (χ1n) is 3.94. The summed E-state index contributed by atoms with van der Waals surface area (Å²) in [6, 6.07) is 3.56. The Kier molecular flexibility index (Phi) is 3.19. The molecule has 66 valence electrons. The van der Waals surface area contributed by atoms with Crippen LogP contribution in [-0.4, -0.2) is 21.8 Å². The molecule has 0 fully saturated rings. The second-order valence-corrected chi connectivity index (χ2v) is 2.89. The highest BCUT2D eigenvalue weighted by molar-refractivity contribution is 5.12. The van der Waals surface area contributed by atoms with Crippen LogP contribution in [0, 0.1) is 5.92 Å². The van der Waals surface area contributed by atoms with Gasteiger partial charge in [-0.3, -0.25) is 4.98 Å². The molecule has 1 heterocycles. The topological polar surface area (TPSA) is 53.4 Å². The molecule has 2 N–H and O–H groups in total. The van der Waals surface area contributed by atoms with Gasteiger partial charge < -0.3 is 10.2 Å². The molecule has 1 rings (SSSR count). The van der Waals surface area contributed by atoms with Crippen LogP contribution in [0.4, 0.5) is 0 Å². The molecule has 0 bridgehead atoms. The molecule has 0 saturated carbocycles. The first-order valence-corrected chi connectivity index (χ1v) is 3.94. The summed E-state index contributed by atoms with van der Waals surface area (Å²) in [7, 11) is 0. The summed E-state index contributed by atoms with van der Waals surface area (Å²) in [5.41, 5.74) is 0.749. The fourth-order valence-electron chi connectivity index (χ4n) is 0.979. The maximum atomic E-state index is 9.59. The van der Waals surface area contributed by atoms with Crippen molar-refractivity contribution in [3.63, 3.8) is 0 Å². The third-order valence-electron chi connectivity index (χ3n) is 1.85. The number of hydrogen-bond acceptors (Lipinski definition) is 3. The summed E-state index contributed by atoms with van der Waals surface area (Å²) in [5.74, 6) is -0.144. The quantitative estimate of drug-likeness (QED) is 0.698. The maximum absolute atomic E-state index is 9.59. The van der Waals surface area contributed by atoms with Gasteiger partial charge in [-0.1, -0.05) is 13.0 Å². The second-order valence-electron chi connectivity index (χ2n) is 2.89. The Bertz CT molecular complexity index is 225. The predicted molar refractivity (Wildman–Crippen MR) is 45.4 cm³/mol. The SMILES string of the molecule is C[C@@H](CO)[C@H](O)c1cccnc1. The highest BCUT2D eigenvalue weighted by Gasteiger charge is 2.14. The minimum absolute atomic E-state index is 0.0178. The lowest BCUT2D eigenvalue weighted by Crippen LogP contribution is -2.12. The van der Waals surface area contributed by atoms with E-state index in [1.54, 1.807) is 31.5 Å². The van der Waals surface area contributed by atoms with E-state index >= 15 is 0 Å². The van der Waals surface area contributed by atoms with E-state index in [4.69, 9.17) is 5.11 Å². The van der Waals surface area contributed by atoms with Gasteiger partial charge >= 0.3 is 0 Å². The number of aliphatic hydroxyl groups excluding tert-OH is 2. The van der Waals surface area contributed by atoms with Crippen molar-refractivity contribution in [3.05, 3.63) is 30.1 Å². The number of aromatic nitrogens is 1. The van der Waals surface area contributed by atoms with Gasteiger partial charge in [-0.2, -0.15) is 0 Å². The van der Waals surface area contributed by atoms with Crippen LogP contribution in [0.15, 0.2) is 24.5 Å². The maximum Gasteiger partial charge on any atom is 0.0852 e. The van der Waals surface area contributed by atoms with Crippen molar-refractivity contribution in [3.8, 4) is 0 Å². The van der Waals surface area contributed by atoms with Gasteiger partial charge in [-0.05, 0) is 11.6 Å². The zero-order valence-electron chi connectivity index (χ0n) is 7.01.